The van der Waals surface area contributed by atoms with Gasteiger partial charge in [-0.1, -0.05) is 0 Å². The van der Waals surface area contributed by atoms with Gasteiger partial charge in [-0.25, -0.2) is 0 Å². The zero-order chi connectivity index (χ0) is 63.0. The average Bonchev–Trinajstić information content (AvgIpc) is 3.03. The summed E-state index contributed by atoms with van der Waals surface area (Å²) < 4.78 is 115. The van der Waals surface area contributed by atoms with Crippen LogP contribution in [0.4, 0.5) is 0 Å². The Morgan fingerprint density at radius 3 is 0.690 bits per heavy atom. The molecule has 4 rings (SSSR count). The smallest absolute Gasteiger partial charge is 0.303 e. The van der Waals surface area contributed by atoms with E-state index in [1.165, 1.54) is 0 Å². The third kappa shape index (κ3) is 20.5. The van der Waals surface area contributed by atoms with Crippen LogP contribution in [-0.4, -0.2) is 232 Å². The third-order valence-corrected chi connectivity index (χ3v) is 11.8. The summed E-state index contributed by atoms with van der Waals surface area (Å²) in [4.78, 5) is 165. The molecule has 0 aliphatic carbocycles. The molecule has 472 valence electrons. The monoisotopic (exact) mass is 1210 g/mol. The molecule has 4 fully saturated rings. The summed E-state index contributed by atoms with van der Waals surface area (Å²) in [5.74, 6) is -13.5. The maximum Gasteiger partial charge on any atom is 0.303 e. The molecule has 34 heteroatoms. The molecule has 4 aliphatic rings. The fourth-order valence-corrected chi connectivity index (χ4v) is 9.06. The number of esters is 13. The van der Waals surface area contributed by atoms with Crippen LogP contribution in [0.3, 0.4) is 0 Å². The Labute approximate surface area is 478 Å². The van der Waals surface area contributed by atoms with E-state index in [-0.39, 0.29) is 0 Å². The summed E-state index contributed by atoms with van der Waals surface area (Å²) in [6.07, 6.45) is -39.0. The van der Waals surface area contributed by atoms with Crippen molar-refractivity contribution < 1.29 is 162 Å². The van der Waals surface area contributed by atoms with Gasteiger partial charge in [0, 0.05) is 90.0 Å². The van der Waals surface area contributed by atoms with Gasteiger partial charge in [0.1, 0.15) is 69.2 Å². The largest absolute Gasteiger partial charge is 0.463 e. The first-order chi connectivity index (χ1) is 39.3. The van der Waals surface area contributed by atoms with Gasteiger partial charge in [0.25, 0.3) is 0 Å². The molecule has 4 saturated heterocycles. The standard InChI is InChI=1S/C50H68O34/c1-18(51)65-14-31-36(39(70-23(6)56)43(47(64)78-31)74-27(10)60)82-49-45(76-29(12)62)41(72-25(8)58)38(33(80-49)16-67-20(3)53)84-50-46(77-30(13)63)42(73-26(9)59)37(34(81-50)17-68-21(4)54)83-48-44(75-28(11)61)40(71-24(7)57)35(69-22(5)55)32(79-48)15-66-19(2)52/h31-50,64H,14-17H2,1-13H3/t31?,32-,33?,34?,35-,36?,37?,38?,39?,40+,41?,42?,43?,44-,45?,46?,47?,48?,49?,50?/m1/s1. The molecule has 4 aliphatic heterocycles. The molecule has 0 spiro atoms. The number of hydrogen-bond acceptors (Lipinski definition) is 34. The number of carbonyl (C=O) groups is 13. The van der Waals surface area contributed by atoms with Gasteiger partial charge in [0.2, 0.25) is 0 Å². The van der Waals surface area contributed by atoms with Crippen molar-refractivity contribution in [2.45, 2.75) is 213 Å². The van der Waals surface area contributed by atoms with Crippen LogP contribution in [0.1, 0.15) is 90.0 Å². The van der Waals surface area contributed by atoms with Crippen molar-refractivity contribution in [2.24, 2.45) is 0 Å². The molecule has 0 aromatic rings. The van der Waals surface area contributed by atoms with Crippen LogP contribution in [0.25, 0.3) is 0 Å². The molecule has 0 aromatic carbocycles. The number of rotatable bonds is 23. The van der Waals surface area contributed by atoms with Crippen LogP contribution >= 0.6 is 0 Å². The summed E-state index contributed by atoms with van der Waals surface area (Å²) in [5, 5.41) is 11.0. The Morgan fingerprint density at radius 2 is 0.440 bits per heavy atom. The first-order valence-electron chi connectivity index (χ1n) is 25.6. The summed E-state index contributed by atoms with van der Waals surface area (Å²) in [5.41, 5.74) is 0. The average molecular weight is 1210 g/mol. The van der Waals surface area contributed by atoms with E-state index in [9.17, 15) is 67.4 Å². The lowest BCUT2D eigenvalue weighted by atomic mass is 9.94. The van der Waals surface area contributed by atoms with Gasteiger partial charge in [0.05, 0.1) is 0 Å². The lowest BCUT2D eigenvalue weighted by Crippen LogP contribution is -2.69. The van der Waals surface area contributed by atoms with Crippen LogP contribution in [0.2, 0.25) is 0 Å². The highest BCUT2D eigenvalue weighted by Gasteiger charge is 2.61. The van der Waals surface area contributed by atoms with E-state index in [4.69, 9.17) is 94.7 Å². The fourth-order valence-electron chi connectivity index (χ4n) is 9.06. The third-order valence-electron chi connectivity index (χ3n) is 11.8. The van der Waals surface area contributed by atoms with E-state index in [2.05, 4.69) is 0 Å². The number of carbonyl (C=O) groups excluding carboxylic acids is 13. The minimum atomic E-state index is -2.21. The highest BCUT2D eigenvalue weighted by molar-refractivity contribution is 5.71. The van der Waals surface area contributed by atoms with Crippen LogP contribution in [0, 0.1) is 0 Å². The lowest BCUT2D eigenvalue weighted by molar-refractivity contribution is -0.388. The lowest BCUT2D eigenvalue weighted by Gasteiger charge is -2.51. The quantitative estimate of drug-likeness (QED) is 0.0828. The van der Waals surface area contributed by atoms with Crippen molar-refractivity contribution in [3.63, 3.8) is 0 Å². The topological polar surface area (TPSA) is 427 Å². The minimum absolute atomic E-state index is 0.745. The van der Waals surface area contributed by atoms with Gasteiger partial charge >= 0.3 is 77.6 Å². The highest BCUT2D eigenvalue weighted by atomic mass is 16.8. The molecule has 1 N–H and O–H groups in total. The van der Waals surface area contributed by atoms with Gasteiger partial charge in [-0.05, 0) is 0 Å². The van der Waals surface area contributed by atoms with Gasteiger partial charge < -0.3 is 99.8 Å². The van der Waals surface area contributed by atoms with Gasteiger partial charge in [0.15, 0.2) is 80.1 Å². The molecule has 34 nitrogen and oxygen atoms in total. The Morgan fingerprint density at radius 1 is 0.250 bits per heavy atom. The second kappa shape index (κ2) is 31.6. The van der Waals surface area contributed by atoms with Crippen molar-refractivity contribution >= 4 is 77.6 Å². The van der Waals surface area contributed by atoms with Crippen molar-refractivity contribution in [2.75, 3.05) is 26.4 Å². The van der Waals surface area contributed by atoms with E-state index in [1.54, 1.807) is 0 Å². The van der Waals surface area contributed by atoms with E-state index < -0.39 is 227 Å². The van der Waals surface area contributed by atoms with E-state index in [0.717, 1.165) is 90.0 Å². The molecule has 20 atom stereocenters. The van der Waals surface area contributed by atoms with Crippen molar-refractivity contribution in [3.05, 3.63) is 0 Å². The molecule has 0 radical (unpaired) electrons. The van der Waals surface area contributed by atoms with Crippen LogP contribution < -0.4 is 0 Å². The Kier molecular flexibility index (Phi) is 26.1. The van der Waals surface area contributed by atoms with Crippen LogP contribution in [-0.2, 0) is 157 Å². The number of hydrogen-bond donors (Lipinski definition) is 1. The highest BCUT2D eigenvalue weighted by Crippen LogP contribution is 2.40. The molecule has 4 heterocycles. The molecule has 0 bridgehead atoms. The first kappa shape index (κ1) is 69.3. The molecule has 0 amide bonds. The number of ether oxygens (including phenoxy) is 20. The predicted molar refractivity (Wildman–Crippen MR) is 258 cm³/mol. The zero-order valence-corrected chi connectivity index (χ0v) is 47.8. The summed E-state index contributed by atoms with van der Waals surface area (Å²) in [6, 6.07) is 0. The molecule has 16 unspecified atom stereocenters. The molecule has 0 saturated carbocycles. The summed E-state index contributed by atoms with van der Waals surface area (Å²) in [6.45, 7) is 8.90. The summed E-state index contributed by atoms with van der Waals surface area (Å²) in [7, 11) is 0. The van der Waals surface area contributed by atoms with Gasteiger partial charge in [-0.15, -0.1) is 0 Å². The SMILES string of the molecule is CC(=O)OCC1OC(O)C(OC(C)=O)C(OC(C)=O)C1OC1OC(COC(C)=O)C(OC2OC(COC(C)=O)C(OC3O[C@H](COC(C)=O)[C@@H](OC(C)=O)[C@H](OC(C)=O)[C@H]3OC(C)=O)C(OC(C)=O)C2OC(C)=O)C(OC(C)=O)C1OC(C)=O. The van der Waals surface area contributed by atoms with E-state index in [1.807, 2.05) is 0 Å². The van der Waals surface area contributed by atoms with Crippen molar-refractivity contribution in [1.29, 1.82) is 0 Å². The molecular weight excluding hydrogens is 1140 g/mol. The normalized spacial score (nSPS) is 32.7. The van der Waals surface area contributed by atoms with Gasteiger partial charge in [-0.3, -0.25) is 62.3 Å². The van der Waals surface area contributed by atoms with E-state index in [0.29, 0.717) is 0 Å². The Balaban J connectivity index is 1.97. The molecule has 84 heavy (non-hydrogen) atoms. The van der Waals surface area contributed by atoms with Crippen molar-refractivity contribution in [1.82, 2.24) is 0 Å². The van der Waals surface area contributed by atoms with Gasteiger partial charge in [-0.2, -0.15) is 0 Å². The second-order valence-electron chi connectivity index (χ2n) is 18.9. The first-order valence-corrected chi connectivity index (χ1v) is 25.6. The molecule has 0 aromatic heterocycles. The van der Waals surface area contributed by atoms with Crippen LogP contribution in [0.5, 0.6) is 0 Å². The number of aliphatic hydroxyl groups is 1. The molecular formula is C50H68O34. The number of aliphatic hydroxyl groups excluding tert-OH is 1. The zero-order valence-electron chi connectivity index (χ0n) is 47.8. The Bertz CT molecular complexity index is 2410. The summed E-state index contributed by atoms with van der Waals surface area (Å²) >= 11 is 0. The maximum absolute atomic E-state index is 13.2. The van der Waals surface area contributed by atoms with Crippen molar-refractivity contribution in [3.8, 4) is 0 Å². The Hall–Kier alpha value is -7.21. The van der Waals surface area contributed by atoms with Crippen LogP contribution in [0.15, 0.2) is 0 Å². The minimum Gasteiger partial charge on any atom is -0.463 e. The van der Waals surface area contributed by atoms with E-state index >= 15 is 0 Å². The second-order valence-corrected chi connectivity index (χ2v) is 18.9. The predicted octanol–water partition coefficient (Wildman–Crippen LogP) is -2.33. The fraction of sp³-hybridized carbons (Fsp3) is 0.740. The maximum atomic E-state index is 13.2.